The molecule has 48 heavy (non-hydrogen) atoms. The van der Waals surface area contributed by atoms with Crippen molar-refractivity contribution in [3.8, 4) is 5.95 Å². The highest BCUT2D eigenvalue weighted by Crippen LogP contribution is 2.41. The predicted octanol–water partition coefficient (Wildman–Crippen LogP) is 8.24. The number of hydrogen-bond donors (Lipinski definition) is 1. The second kappa shape index (κ2) is 12.6. The number of halogens is 1. The Bertz CT molecular complexity index is 2220. The average Bonchev–Trinajstić information content (AvgIpc) is 3.74. The van der Waals surface area contributed by atoms with Crippen molar-refractivity contribution in [3.63, 3.8) is 0 Å². The SMILES string of the molecule is Clc1nc2ccccc2n1-c1ncnc(Nc2cccc(Cc3nccn3C(c3ccccc3)(c3ccccc3)c3ccccc3)c2)n1. The summed E-state index contributed by atoms with van der Waals surface area (Å²) in [6, 6.07) is 47.8. The summed E-state index contributed by atoms with van der Waals surface area (Å²) in [7, 11) is 0. The van der Waals surface area contributed by atoms with Crippen LogP contribution >= 0.6 is 11.6 Å². The maximum absolute atomic E-state index is 6.49. The molecule has 0 spiro atoms. The molecule has 0 aliphatic rings. The molecule has 0 amide bonds. The first-order valence-corrected chi connectivity index (χ1v) is 16.0. The van der Waals surface area contributed by atoms with Crippen molar-refractivity contribution in [3.05, 3.63) is 192 Å². The minimum atomic E-state index is -0.647. The van der Waals surface area contributed by atoms with Gasteiger partial charge in [-0.1, -0.05) is 115 Å². The summed E-state index contributed by atoms with van der Waals surface area (Å²) in [5.41, 5.74) is 6.29. The molecule has 0 saturated carbocycles. The van der Waals surface area contributed by atoms with E-state index in [1.807, 2.05) is 42.6 Å². The zero-order chi connectivity index (χ0) is 32.3. The molecule has 0 aliphatic heterocycles. The van der Waals surface area contributed by atoms with Gasteiger partial charge in [-0.2, -0.15) is 4.98 Å². The number of para-hydroxylation sites is 2. The monoisotopic (exact) mass is 644 g/mol. The van der Waals surface area contributed by atoms with Gasteiger partial charge in [0.2, 0.25) is 17.2 Å². The van der Waals surface area contributed by atoms with Crippen LogP contribution in [0.4, 0.5) is 11.6 Å². The van der Waals surface area contributed by atoms with Crippen molar-refractivity contribution in [2.45, 2.75) is 12.0 Å². The molecule has 8 rings (SSSR count). The van der Waals surface area contributed by atoms with Crippen molar-refractivity contribution in [1.82, 2.24) is 34.1 Å². The van der Waals surface area contributed by atoms with Gasteiger partial charge in [-0.05, 0) is 58.1 Å². The van der Waals surface area contributed by atoms with Crippen LogP contribution in [-0.4, -0.2) is 34.1 Å². The second-order valence-electron chi connectivity index (χ2n) is 11.3. The van der Waals surface area contributed by atoms with Gasteiger partial charge in [0, 0.05) is 24.5 Å². The lowest BCUT2D eigenvalue weighted by Crippen LogP contribution is -2.38. The van der Waals surface area contributed by atoms with Crippen LogP contribution in [0.5, 0.6) is 0 Å². The van der Waals surface area contributed by atoms with Crippen LogP contribution < -0.4 is 5.32 Å². The van der Waals surface area contributed by atoms with Crippen molar-refractivity contribution in [2.24, 2.45) is 0 Å². The molecule has 1 N–H and O–H groups in total. The minimum absolute atomic E-state index is 0.281. The number of nitrogens with zero attached hydrogens (tertiary/aromatic N) is 7. The number of imidazole rings is 2. The Morgan fingerprint density at radius 3 is 1.98 bits per heavy atom. The molecule has 0 aliphatic carbocycles. The predicted molar refractivity (Wildman–Crippen MR) is 189 cm³/mol. The number of benzene rings is 5. The molecule has 0 unspecified atom stereocenters. The smallest absolute Gasteiger partial charge is 0.241 e. The third kappa shape index (κ3) is 5.28. The number of aromatic nitrogens is 7. The molecule has 0 atom stereocenters. The normalized spacial score (nSPS) is 11.5. The Kier molecular flexibility index (Phi) is 7.68. The zero-order valence-electron chi connectivity index (χ0n) is 25.7. The number of nitrogens with one attached hydrogen (secondary N) is 1. The summed E-state index contributed by atoms with van der Waals surface area (Å²) in [6.45, 7) is 0. The van der Waals surface area contributed by atoms with Gasteiger partial charge in [0.1, 0.15) is 17.7 Å². The number of fused-ring (bicyclic) bond motifs is 1. The Morgan fingerprint density at radius 1 is 0.646 bits per heavy atom. The quantitative estimate of drug-likeness (QED) is 0.159. The number of rotatable bonds is 9. The maximum atomic E-state index is 6.49. The van der Waals surface area contributed by atoms with E-state index < -0.39 is 5.54 Å². The van der Waals surface area contributed by atoms with E-state index in [0.29, 0.717) is 18.3 Å². The fourth-order valence-corrected chi connectivity index (χ4v) is 6.70. The highest BCUT2D eigenvalue weighted by molar-refractivity contribution is 6.29. The van der Waals surface area contributed by atoms with Gasteiger partial charge in [0.15, 0.2) is 0 Å². The highest BCUT2D eigenvalue weighted by atomic mass is 35.5. The van der Waals surface area contributed by atoms with Crippen LogP contribution in [0.2, 0.25) is 5.28 Å². The van der Waals surface area contributed by atoms with Gasteiger partial charge < -0.3 is 9.88 Å². The Morgan fingerprint density at radius 2 is 1.29 bits per heavy atom. The van der Waals surface area contributed by atoms with E-state index in [4.69, 9.17) is 16.6 Å². The highest BCUT2D eigenvalue weighted by Gasteiger charge is 2.39. The van der Waals surface area contributed by atoms with Crippen LogP contribution in [0.25, 0.3) is 17.0 Å². The van der Waals surface area contributed by atoms with Gasteiger partial charge in [0.05, 0.1) is 11.0 Å². The van der Waals surface area contributed by atoms with Gasteiger partial charge in [-0.15, -0.1) is 0 Å². The second-order valence-corrected chi connectivity index (χ2v) is 11.7. The van der Waals surface area contributed by atoms with Gasteiger partial charge in [-0.3, -0.25) is 4.57 Å². The summed E-state index contributed by atoms with van der Waals surface area (Å²) >= 11 is 6.49. The van der Waals surface area contributed by atoms with Crippen LogP contribution in [0.3, 0.4) is 0 Å². The summed E-state index contributed by atoms with van der Waals surface area (Å²) in [5.74, 6) is 1.69. The number of hydrogen-bond acceptors (Lipinski definition) is 6. The van der Waals surface area contributed by atoms with Gasteiger partial charge in [-0.25, -0.2) is 19.9 Å². The van der Waals surface area contributed by atoms with Crippen molar-refractivity contribution >= 4 is 34.3 Å². The molecule has 8 aromatic rings. The molecule has 0 fully saturated rings. The summed E-state index contributed by atoms with van der Waals surface area (Å²) in [5, 5.41) is 3.63. The Labute approximate surface area is 282 Å². The molecular formula is C39H29ClN8. The molecule has 0 radical (unpaired) electrons. The maximum Gasteiger partial charge on any atom is 0.241 e. The summed E-state index contributed by atoms with van der Waals surface area (Å²) in [4.78, 5) is 22.8. The van der Waals surface area contributed by atoms with Gasteiger partial charge >= 0.3 is 0 Å². The standard InChI is InChI=1S/C39H29ClN8/c40-36-45-33-21-10-11-22-34(33)48(36)38-43-27-42-37(46-38)44-32-20-12-13-28(25-32)26-35-41-23-24-47(35)39(29-14-4-1-5-15-29,30-16-6-2-7-17-30)31-18-8-3-9-19-31/h1-25,27H,26H2,(H,42,43,44,46). The first-order valence-electron chi connectivity index (χ1n) is 15.6. The lowest BCUT2D eigenvalue weighted by Gasteiger charge is -2.38. The molecule has 232 valence electrons. The van der Waals surface area contributed by atoms with E-state index >= 15 is 0 Å². The van der Waals surface area contributed by atoms with Crippen LogP contribution in [0, 0.1) is 0 Å². The van der Waals surface area contributed by atoms with Crippen LogP contribution in [-0.2, 0) is 12.0 Å². The molecule has 3 aromatic heterocycles. The van der Waals surface area contributed by atoms with Gasteiger partial charge in [0.25, 0.3) is 0 Å². The van der Waals surface area contributed by atoms with E-state index in [1.165, 1.54) is 6.33 Å². The molecule has 0 bridgehead atoms. The molecule has 0 saturated heterocycles. The third-order valence-corrected chi connectivity index (χ3v) is 8.73. The van der Waals surface area contributed by atoms with E-state index in [2.05, 4.69) is 139 Å². The van der Waals surface area contributed by atoms with Crippen molar-refractivity contribution in [2.75, 3.05) is 5.32 Å². The fourth-order valence-electron chi connectivity index (χ4n) is 6.44. The lowest BCUT2D eigenvalue weighted by atomic mass is 9.76. The molecule has 8 nitrogen and oxygen atoms in total. The van der Waals surface area contributed by atoms with E-state index in [9.17, 15) is 0 Å². The zero-order valence-corrected chi connectivity index (χ0v) is 26.5. The van der Waals surface area contributed by atoms with Crippen molar-refractivity contribution in [1.29, 1.82) is 0 Å². The topological polar surface area (TPSA) is 86.3 Å². The van der Waals surface area contributed by atoms with Crippen LogP contribution in [0.15, 0.2) is 158 Å². The Balaban J connectivity index is 1.16. The molecule has 5 aromatic carbocycles. The first kappa shape index (κ1) is 29.3. The average molecular weight is 645 g/mol. The largest absolute Gasteiger partial charge is 0.324 e. The lowest BCUT2D eigenvalue weighted by molar-refractivity contribution is 0.496. The molecular weight excluding hydrogens is 616 g/mol. The minimum Gasteiger partial charge on any atom is -0.324 e. The number of anilines is 2. The first-order chi connectivity index (χ1) is 23.7. The van der Waals surface area contributed by atoms with E-state index in [-0.39, 0.29) is 5.28 Å². The molecule has 9 heteroatoms. The summed E-state index contributed by atoms with van der Waals surface area (Å²) in [6.07, 6.45) is 6.03. The van der Waals surface area contributed by atoms with Crippen LogP contribution in [0.1, 0.15) is 28.1 Å². The fraction of sp³-hybridized carbons (Fsp3) is 0.0513. The van der Waals surface area contributed by atoms with Crippen molar-refractivity contribution < 1.29 is 0 Å². The van der Waals surface area contributed by atoms with E-state index in [0.717, 1.165) is 44.8 Å². The molecule has 3 heterocycles. The summed E-state index contributed by atoms with van der Waals surface area (Å²) < 4.78 is 4.02. The third-order valence-electron chi connectivity index (χ3n) is 8.48. The Hall–Kier alpha value is -6.12. The van der Waals surface area contributed by atoms with E-state index in [1.54, 1.807) is 4.57 Å².